The van der Waals surface area contributed by atoms with Gasteiger partial charge < -0.3 is 5.32 Å². The fourth-order valence-electron chi connectivity index (χ4n) is 2.62. The average Bonchev–Trinajstić information content (AvgIpc) is 2.69. The van der Waals surface area contributed by atoms with Crippen LogP contribution in [0.25, 0.3) is 11.3 Å². The first-order valence-electron chi connectivity index (χ1n) is 8.42. The Balaban J connectivity index is 1.75. The van der Waals surface area contributed by atoms with Gasteiger partial charge in [-0.05, 0) is 18.2 Å². The summed E-state index contributed by atoms with van der Waals surface area (Å²) in [6.07, 6.45) is -3.40. The number of nitrogens with zero attached hydrogens (tertiary/aromatic N) is 3. The number of nitrogens with one attached hydrogen (secondary N) is 1. The first-order valence-corrected chi connectivity index (χ1v) is 8.42. The molecular formula is C19H13F3N4O4. The quantitative estimate of drug-likeness (QED) is 0.504. The van der Waals surface area contributed by atoms with Gasteiger partial charge in [0.15, 0.2) is 0 Å². The molecule has 0 unspecified atom stereocenters. The molecule has 2 aromatic carbocycles. The van der Waals surface area contributed by atoms with E-state index in [4.69, 9.17) is 0 Å². The Hall–Kier alpha value is -4.02. The number of anilines is 1. The Bertz CT molecular complexity index is 1160. The molecule has 0 radical (unpaired) electrons. The number of para-hydroxylation sites is 2. The van der Waals surface area contributed by atoms with Gasteiger partial charge in [-0.3, -0.25) is 24.3 Å². The molecule has 1 amide bonds. The van der Waals surface area contributed by atoms with Gasteiger partial charge in [0.05, 0.1) is 22.5 Å². The van der Waals surface area contributed by atoms with Gasteiger partial charge in [-0.1, -0.05) is 24.3 Å². The minimum absolute atomic E-state index is 0.0186. The molecule has 0 spiro atoms. The molecule has 0 fully saturated rings. The van der Waals surface area contributed by atoms with Crippen LogP contribution >= 0.6 is 0 Å². The maximum atomic E-state index is 12.6. The number of hydrogen-bond donors (Lipinski definition) is 1. The fourth-order valence-corrected chi connectivity index (χ4v) is 2.62. The van der Waals surface area contributed by atoms with Crippen LogP contribution in [0.4, 0.5) is 24.5 Å². The highest BCUT2D eigenvalue weighted by Gasteiger charge is 2.30. The summed E-state index contributed by atoms with van der Waals surface area (Å²) in [6.45, 7) is -0.453. The lowest BCUT2D eigenvalue weighted by molar-refractivity contribution is -0.383. The molecule has 3 rings (SSSR count). The highest BCUT2D eigenvalue weighted by atomic mass is 19.4. The predicted molar refractivity (Wildman–Crippen MR) is 101 cm³/mol. The summed E-state index contributed by atoms with van der Waals surface area (Å²) in [7, 11) is 0. The molecule has 154 valence electrons. The number of carbonyl (C=O) groups is 1. The van der Waals surface area contributed by atoms with Crippen molar-refractivity contribution in [3.63, 3.8) is 0 Å². The lowest BCUT2D eigenvalue weighted by atomic mass is 10.1. The molecule has 1 heterocycles. The van der Waals surface area contributed by atoms with Crippen molar-refractivity contribution >= 4 is 17.3 Å². The molecule has 0 saturated heterocycles. The molecule has 0 aliphatic carbocycles. The van der Waals surface area contributed by atoms with Crippen LogP contribution in [0, 0.1) is 10.1 Å². The largest absolute Gasteiger partial charge is 0.416 e. The standard InChI is InChI=1S/C19H13F3N4O4/c20-19(21,22)13-7-5-12(6-8-13)15-9-18(28)25(11-23-15)10-17(27)24-14-3-1-2-4-16(14)26(29)30/h1-9,11H,10H2,(H,24,27). The van der Waals surface area contributed by atoms with Crippen LogP contribution in [0.3, 0.4) is 0 Å². The number of halogens is 3. The fraction of sp³-hybridized carbons (Fsp3) is 0.105. The summed E-state index contributed by atoms with van der Waals surface area (Å²) in [6, 6.07) is 10.8. The normalized spacial score (nSPS) is 11.2. The highest BCUT2D eigenvalue weighted by Crippen LogP contribution is 2.30. The second-order valence-electron chi connectivity index (χ2n) is 6.14. The number of rotatable bonds is 5. The predicted octanol–water partition coefficient (Wildman–Crippen LogP) is 3.48. The molecular weight excluding hydrogens is 405 g/mol. The number of nitro benzene ring substituents is 1. The molecule has 0 atom stereocenters. The topological polar surface area (TPSA) is 107 Å². The van der Waals surface area contributed by atoms with Crippen molar-refractivity contribution in [1.29, 1.82) is 0 Å². The second-order valence-corrected chi connectivity index (χ2v) is 6.14. The number of benzene rings is 2. The molecule has 11 heteroatoms. The summed E-state index contributed by atoms with van der Waals surface area (Å²) in [5.74, 6) is -0.685. The summed E-state index contributed by atoms with van der Waals surface area (Å²) >= 11 is 0. The van der Waals surface area contributed by atoms with E-state index in [9.17, 15) is 32.9 Å². The number of hydrogen-bond acceptors (Lipinski definition) is 5. The zero-order valence-corrected chi connectivity index (χ0v) is 15.1. The minimum Gasteiger partial charge on any atom is -0.319 e. The van der Waals surface area contributed by atoms with Crippen LogP contribution in [0.1, 0.15) is 5.56 Å². The maximum Gasteiger partial charge on any atom is 0.416 e. The van der Waals surface area contributed by atoms with Gasteiger partial charge >= 0.3 is 6.18 Å². The van der Waals surface area contributed by atoms with Gasteiger partial charge in [0.2, 0.25) is 5.91 Å². The first kappa shape index (κ1) is 20.7. The highest BCUT2D eigenvalue weighted by molar-refractivity contribution is 5.92. The molecule has 8 nitrogen and oxygen atoms in total. The van der Waals surface area contributed by atoms with E-state index in [0.29, 0.717) is 5.56 Å². The number of alkyl halides is 3. The van der Waals surface area contributed by atoms with E-state index in [-0.39, 0.29) is 17.1 Å². The number of nitro groups is 1. The SMILES string of the molecule is O=C(Cn1cnc(-c2ccc(C(F)(F)F)cc2)cc1=O)Nc1ccccc1[N+](=O)[O-]. The Labute approximate surface area is 166 Å². The lowest BCUT2D eigenvalue weighted by Crippen LogP contribution is -2.27. The third-order valence-corrected chi connectivity index (χ3v) is 4.08. The Morgan fingerprint density at radius 3 is 2.40 bits per heavy atom. The molecule has 0 aliphatic heterocycles. The van der Waals surface area contributed by atoms with E-state index in [0.717, 1.165) is 29.1 Å². The van der Waals surface area contributed by atoms with Crippen LogP contribution < -0.4 is 10.9 Å². The van der Waals surface area contributed by atoms with Crippen molar-refractivity contribution in [2.75, 3.05) is 5.32 Å². The van der Waals surface area contributed by atoms with Gasteiger partial charge in [0, 0.05) is 17.7 Å². The minimum atomic E-state index is -4.48. The van der Waals surface area contributed by atoms with Gasteiger partial charge in [-0.25, -0.2) is 4.98 Å². The smallest absolute Gasteiger partial charge is 0.319 e. The second kappa shape index (κ2) is 8.15. The Morgan fingerprint density at radius 2 is 1.80 bits per heavy atom. The van der Waals surface area contributed by atoms with Crippen molar-refractivity contribution in [3.8, 4) is 11.3 Å². The van der Waals surface area contributed by atoms with E-state index < -0.39 is 34.7 Å². The molecule has 3 aromatic rings. The van der Waals surface area contributed by atoms with Crippen LogP contribution in [-0.2, 0) is 17.5 Å². The van der Waals surface area contributed by atoms with Crippen LogP contribution in [-0.4, -0.2) is 20.4 Å². The summed E-state index contributed by atoms with van der Waals surface area (Å²) in [5.41, 5.74) is -1.31. The van der Waals surface area contributed by atoms with E-state index in [1.54, 1.807) is 0 Å². The van der Waals surface area contributed by atoms with E-state index in [2.05, 4.69) is 10.3 Å². The monoisotopic (exact) mass is 418 g/mol. The number of carbonyl (C=O) groups excluding carboxylic acids is 1. The van der Waals surface area contributed by atoms with Crippen molar-refractivity contribution in [1.82, 2.24) is 9.55 Å². The Kier molecular flexibility index (Phi) is 5.63. The van der Waals surface area contributed by atoms with Crippen molar-refractivity contribution in [2.45, 2.75) is 12.7 Å². The zero-order valence-electron chi connectivity index (χ0n) is 15.1. The van der Waals surface area contributed by atoms with Gasteiger partial charge in [0.1, 0.15) is 12.2 Å². The average molecular weight is 418 g/mol. The van der Waals surface area contributed by atoms with Gasteiger partial charge in [-0.2, -0.15) is 13.2 Å². The van der Waals surface area contributed by atoms with Crippen molar-refractivity contribution in [3.05, 3.63) is 87.0 Å². The molecule has 1 aromatic heterocycles. The van der Waals surface area contributed by atoms with Crippen LogP contribution in [0.5, 0.6) is 0 Å². The van der Waals surface area contributed by atoms with E-state index in [1.165, 1.54) is 36.4 Å². The third kappa shape index (κ3) is 4.69. The molecule has 0 bridgehead atoms. The van der Waals surface area contributed by atoms with Crippen LogP contribution in [0.15, 0.2) is 65.7 Å². The summed E-state index contributed by atoms with van der Waals surface area (Å²) in [4.78, 5) is 38.8. The van der Waals surface area contributed by atoms with Gasteiger partial charge in [0.25, 0.3) is 11.2 Å². The maximum absolute atomic E-state index is 12.6. The molecule has 0 saturated carbocycles. The van der Waals surface area contributed by atoms with Crippen molar-refractivity contribution < 1.29 is 22.9 Å². The molecule has 30 heavy (non-hydrogen) atoms. The lowest BCUT2D eigenvalue weighted by Gasteiger charge is -2.09. The number of aromatic nitrogens is 2. The van der Waals surface area contributed by atoms with Gasteiger partial charge in [-0.15, -0.1) is 0 Å². The Morgan fingerprint density at radius 1 is 1.13 bits per heavy atom. The van der Waals surface area contributed by atoms with E-state index in [1.807, 2.05) is 0 Å². The first-order chi connectivity index (χ1) is 14.1. The molecule has 1 N–H and O–H groups in total. The third-order valence-electron chi connectivity index (χ3n) is 4.08. The van der Waals surface area contributed by atoms with Crippen LogP contribution in [0.2, 0.25) is 0 Å². The van der Waals surface area contributed by atoms with Crippen molar-refractivity contribution in [2.24, 2.45) is 0 Å². The number of amides is 1. The summed E-state index contributed by atoms with van der Waals surface area (Å²) < 4.78 is 38.9. The van der Waals surface area contributed by atoms with E-state index >= 15 is 0 Å². The molecule has 0 aliphatic rings. The zero-order chi connectivity index (χ0) is 21.9. The summed E-state index contributed by atoms with van der Waals surface area (Å²) in [5, 5.41) is 13.4.